The molecule has 0 atom stereocenters. The lowest BCUT2D eigenvalue weighted by Gasteiger charge is -2.27. The van der Waals surface area contributed by atoms with Crippen LogP contribution in [0.1, 0.15) is 26.7 Å². The molecule has 6 heteroatoms. The van der Waals surface area contributed by atoms with Crippen molar-refractivity contribution < 1.29 is 4.92 Å². The van der Waals surface area contributed by atoms with Crippen LogP contribution in [0.2, 0.25) is 0 Å². The normalized spacial score (nSPS) is 11.6. The zero-order valence-corrected chi connectivity index (χ0v) is 12.3. The van der Waals surface area contributed by atoms with E-state index in [1.807, 2.05) is 12.1 Å². The van der Waals surface area contributed by atoms with Gasteiger partial charge in [-0.15, -0.1) is 0 Å². The Hall–Kier alpha value is -2.21. The summed E-state index contributed by atoms with van der Waals surface area (Å²) in [5.41, 5.74) is 7.23. The van der Waals surface area contributed by atoms with Crippen LogP contribution in [0, 0.1) is 10.1 Å². The number of hydrogen-bond acceptors (Lipinski definition) is 5. The van der Waals surface area contributed by atoms with Crippen molar-refractivity contribution in [1.29, 1.82) is 0 Å². The summed E-state index contributed by atoms with van der Waals surface area (Å²) < 4.78 is 0. The van der Waals surface area contributed by atoms with E-state index in [9.17, 15) is 10.1 Å². The number of para-hydroxylation sites is 1. The molecule has 0 spiro atoms. The van der Waals surface area contributed by atoms with E-state index in [2.05, 4.69) is 24.1 Å². The summed E-state index contributed by atoms with van der Waals surface area (Å²) in [6, 6.07) is 6.78. The first kappa shape index (κ1) is 15.2. The number of nitrogens with one attached hydrogen (secondary N) is 1. The number of nitro groups is 1. The lowest BCUT2D eigenvalue weighted by molar-refractivity contribution is -0.383. The summed E-state index contributed by atoms with van der Waals surface area (Å²) in [7, 11) is 0. The average Bonchev–Trinajstić information content (AvgIpc) is 2.51. The molecular formula is C15H20N4O2. The Morgan fingerprint density at radius 1 is 1.33 bits per heavy atom. The molecule has 0 fully saturated rings. The number of pyridine rings is 1. The molecule has 6 nitrogen and oxygen atoms in total. The Bertz CT molecular complexity index is 653. The van der Waals surface area contributed by atoms with Gasteiger partial charge < -0.3 is 11.1 Å². The lowest BCUT2D eigenvalue weighted by atomic mass is 9.94. The largest absolute Gasteiger partial charge is 0.383 e. The molecule has 0 bridgehead atoms. The summed E-state index contributed by atoms with van der Waals surface area (Å²) >= 11 is 0. The molecule has 2 rings (SSSR count). The number of anilines is 1. The Morgan fingerprint density at radius 2 is 2.05 bits per heavy atom. The number of nitro benzene ring substituents is 1. The fourth-order valence-corrected chi connectivity index (χ4v) is 2.23. The van der Waals surface area contributed by atoms with E-state index in [1.54, 1.807) is 12.3 Å². The number of aromatic nitrogens is 1. The van der Waals surface area contributed by atoms with Gasteiger partial charge in [0.15, 0.2) is 0 Å². The van der Waals surface area contributed by atoms with E-state index in [-0.39, 0.29) is 11.2 Å². The summed E-state index contributed by atoms with van der Waals surface area (Å²) in [5, 5.41) is 15.1. The SMILES string of the molecule is CCC(N)(CC)CNc1ccnc2c([N+](=O)[O-])cccc12. The lowest BCUT2D eigenvalue weighted by Crippen LogP contribution is -2.45. The number of fused-ring (bicyclic) bond motifs is 1. The van der Waals surface area contributed by atoms with E-state index in [4.69, 9.17) is 5.73 Å². The first-order valence-electron chi connectivity index (χ1n) is 7.05. The van der Waals surface area contributed by atoms with Crippen molar-refractivity contribution in [3.8, 4) is 0 Å². The molecule has 0 aliphatic rings. The minimum atomic E-state index is -0.412. The number of benzene rings is 1. The van der Waals surface area contributed by atoms with Crippen molar-refractivity contribution in [2.75, 3.05) is 11.9 Å². The van der Waals surface area contributed by atoms with Crippen LogP contribution in [0.3, 0.4) is 0 Å². The van der Waals surface area contributed by atoms with E-state index >= 15 is 0 Å². The molecular weight excluding hydrogens is 268 g/mol. The monoisotopic (exact) mass is 288 g/mol. The van der Waals surface area contributed by atoms with Gasteiger partial charge in [0.1, 0.15) is 5.52 Å². The molecule has 2 aromatic rings. The van der Waals surface area contributed by atoms with Crippen molar-refractivity contribution >= 4 is 22.3 Å². The van der Waals surface area contributed by atoms with Crippen LogP contribution in [0.4, 0.5) is 11.4 Å². The van der Waals surface area contributed by atoms with Crippen LogP contribution >= 0.6 is 0 Å². The fourth-order valence-electron chi connectivity index (χ4n) is 2.23. The van der Waals surface area contributed by atoms with Crippen LogP contribution in [0.5, 0.6) is 0 Å². The predicted octanol–water partition coefficient (Wildman–Crippen LogP) is 3.07. The van der Waals surface area contributed by atoms with Gasteiger partial charge in [-0.05, 0) is 18.9 Å². The number of hydrogen-bond donors (Lipinski definition) is 2. The smallest absolute Gasteiger partial charge is 0.295 e. The highest BCUT2D eigenvalue weighted by molar-refractivity contribution is 5.96. The average molecular weight is 288 g/mol. The number of rotatable bonds is 6. The molecule has 0 amide bonds. The van der Waals surface area contributed by atoms with Crippen molar-refractivity contribution in [2.24, 2.45) is 5.73 Å². The highest BCUT2D eigenvalue weighted by Gasteiger charge is 2.21. The molecule has 0 saturated heterocycles. The van der Waals surface area contributed by atoms with E-state index in [0.717, 1.165) is 23.9 Å². The van der Waals surface area contributed by atoms with Gasteiger partial charge in [0.25, 0.3) is 5.69 Å². The standard InChI is InChI=1S/C15H20N4O2/c1-3-15(16,4-2)10-18-12-8-9-17-14-11(12)6-5-7-13(14)19(20)21/h5-9H,3-4,10,16H2,1-2H3,(H,17,18). The molecule has 112 valence electrons. The summed E-state index contributed by atoms with van der Waals surface area (Å²) in [6.07, 6.45) is 3.30. The molecule has 1 aromatic heterocycles. The quantitative estimate of drug-likeness (QED) is 0.629. The van der Waals surface area contributed by atoms with Gasteiger partial charge >= 0.3 is 0 Å². The number of nitrogens with two attached hydrogens (primary N) is 1. The first-order valence-corrected chi connectivity index (χ1v) is 7.05. The topological polar surface area (TPSA) is 94.1 Å². The maximum absolute atomic E-state index is 11.1. The molecule has 3 N–H and O–H groups in total. The molecule has 1 heterocycles. The molecule has 0 aliphatic carbocycles. The Kier molecular flexibility index (Phi) is 4.37. The predicted molar refractivity (Wildman–Crippen MR) is 84.4 cm³/mol. The van der Waals surface area contributed by atoms with Crippen molar-refractivity contribution in [3.05, 3.63) is 40.6 Å². The van der Waals surface area contributed by atoms with Gasteiger partial charge in [-0.3, -0.25) is 10.1 Å². The van der Waals surface area contributed by atoms with Crippen molar-refractivity contribution in [1.82, 2.24) is 4.98 Å². The van der Waals surface area contributed by atoms with Gasteiger partial charge in [0.2, 0.25) is 0 Å². The first-order chi connectivity index (χ1) is 10.0. The van der Waals surface area contributed by atoms with Crippen LogP contribution in [-0.2, 0) is 0 Å². The van der Waals surface area contributed by atoms with Crippen LogP contribution in [-0.4, -0.2) is 22.0 Å². The Balaban J connectivity index is 2.37. The fraction of sp³-hybridized carbons (Fsp3) is 0.400. The Labute approximate surface area is 123 Å². The maximum atomic E-state index is 11.1. The van der Waals surface area contributed by atoms with Gasteiger partial charge in [-0.25, -0.2) is 4.98 Å². The minimum absolute atomic E-state index is 0.0149. The van der Waals surface area contributed by atoms with Gasteiger partial charge in [-0.2, -0.15) is 0 Å². The van der Waals surface area contributed by atoms with Gasteiger partial charge in [0.05, 0.1) is 4.92 Å². The minimum Gasteiger partial charge on any atom is -0.383 e. The van der Waals surface area contributed by atoms with Crippen LogP contribution < -0.4 is 11.1 Å². The summed E-state index contributed by atoms with van der Waals surface area (Å²) in [6.45, 7) is 4.73. The van der Waals surface area contributed by atoms with E-state index in [0.29, 0.717) is 12.1 Å². The Morgan fingerprint density at radius 3 is 2.67 bits per heavy atom. The third-order valence-corrected chi connectivity index (χ3v) is 3.99. The molecule has 0 radical (unpaired) electrons. The third-order valence-electron chi connectivity index (χ3n) is 3.99. The molecule has 1 aromatic carbocycles. The highest BCUT2D eigenvalue weighted by Crippen LogP contribution is 2.29. The second-order valence-corrected chi connectivity index (χ2v) is 5.21. The second kappa shape index (κ2) is 6.05. The number of non-ortho nitro benzene ring substituents is 1. The van der Waals surface area contributed by atoms with Gasteiger partial charge in [0, 0.05) is 35.4 Å². The maximum Gasteiger partial charge on any atom is 0.295 e. The molecule has 0 saturated carbocycles. The van der Waals surface area contributed by atoms with Crippen molar-refractivity contribution in [3.63, 3.8) is 0 Å². The molecule has 0 aliphatic heterocycles. The van der Waals surface area contributed by atoms with Crippen LogP contribution in [0.15, 0.2) is 30.5 Å². The zero-order chi connectivity index (χ0) is 15.5. The summed E-state index contributed by atoms with van der Waals surface area (Å²) in [5.74, 6) is 0. The molecule has 0 unspecified atom stereocenters. The zero-order valence-electron chi connectivity index (χ0n) is 12.3. The van der Waals surface area contributed by atoms with Gasteiger partial charge in [-0.1, -0.05) is 26.0 Å². The third kappa shape index (κ3) is 3.11. The second-order valence-electron chi connectivity index (χ2n) is 5.21. The van der Waals surface area contributed by atoms with E-state index < -0.39 is 4.92 Å². The van der Waals surface area contributed by atoms with Crippen LogP contribution in [0.25, 0.3) is 10.9 Å². The van der Waals surface area contributed by atoms with Crippen molar-refractivity contribution in [2.45, 2.75) is 32.2 Å². The number of nitrogens with zero attached hydrogens (tertiary/aromatic N) is 2. The highest BCUT2D eigenvalue weighted by atomic mass is 16.6. The molecule has 21 heavy (non-hydrogen) atoms. The van der Waals surface area contributed by atoms with E-state index in [1.165, 1.54) is 6.07 Å². The summed E-state index contributed by atoms with van der Waals surface area (Å²) in [4.78, 5) is 14.8.